The van der Waals surface area contributed by atoms with Crippen LogP contribution in [0, 0.1) is 63.1 Å². The molecule has 0 amide bonds. The van der Waals surface area contributed by atoms with Gasteiger partial charge in [0.05, 0.1) is 0 Å². The molecule has 8 heteroatoms. The molecular weight excluding hydrogens is 1030 g/mol. The van der Waals surface area contributed by atoms with Crippen LogP contribution < -0.4 is 0 Å². The molecular formula is C61H108NO6Re-. The number of carbonyl (C=O) groups excluding carboxylic acids is 6. The van der Waals surface area contributed by atoms with Crippen molar-refractivity contribution in [2.24, 2.45) is 43.8 Å². The molecule has 0 unspecified atom stereocenters. The van der Waals surface area contributed by atoms with E-state index in [4.69, 9.17) is 6.42 Å². The Morgan fingerprint density at radius 2 is 0.928 bits per heavy atom. The van der Waals surface area contributed by atoms with Crippen LogP contribution in [-0.4, -0.2) is 60.2 Å². The number of Topliss-reactive ketones (excluding diaryl/α,β-unsaturated/α-hetero) is 1. The van der Waals surface area contributed by atoms with Crippen LogP contribution in [0.3, 0.4) is 0 Å². The van der Waals surface area contributed by atoms with E-state index in [1.54, 1.807) is 24.3 Å². The monoisotopic (exact) mass is 1140 g/mol. The summed E-state index contributed by atoms with van der Waals surface area (Å²) >= 11 is 0. The first-order chi connectivity index (χ1) is 29.9. The van der Waals surface area contributed by atoms with Gasteiger partial charge < -0.3 is 16.6 Å². The predicted octanol–water partition coefficient (Wildman–Crippen LogP) is 15.9. The van der Waals surface area contributed by atoms with Gasteiger partial charge in [-0.3, -0.25) is 24.0 Å². The predicted molar refractivity (Wildman–Crippen MR) is 300 cm³/mol. The van der Waals surface area contributed by atoms with Crippen LogP contribution in [0.25, 0.3) is 0 Å². The number of allylic oxidation sites excluding steroid dienone is 9. The molecule has 1 saturated carbocycles. The summed E-state index contributed by atoms with van der Waals surface area (Å²) in [5.74, 6) is 3.87. The van der Waals surface area contributed by atoms with E-state index in [0.29, 0.717) is 11.3 Å². The average Bonchev–Trinajstić information content (AvgIpc) is 3.11. The summed E-state index contributed by atoms with van der Waals surface area (Å²) in [7, 11) is 3.96. The molecule has 0 bridgehead atoms. The number of ketones is 6. The van der Waals surface area contributed by atoms with Crippen molar-refractivity contribution in [1.82, 2.24) is 4.90 Å². The Morgan fingerprint density at radius 3 is 1.06 bits per heavy atom. The quantitative estimate of drug-likeness (QED) is 0.108. The molecule has 0 aromatic rings. The van der Waals surface area contributed by atoms with Gasteiger partial charge in [-0.2, -0.15) is 0 Å². The van der Waals surface area contributed by atoms with Crippen LogP contribution in [0.15, 0.2) is 72.9 Å². The first-order valence-electron chi connectivity index (χ1n) is 24.0. The third-order valence-corrected chi connectivity index (χ3v) is 8.47. The molecule has 0 aliphatic heterocycles. The van der Waals surface area contributed by atoms with E-state index in [1.807, 2.05) is 196 Å². The molecule has 0 atom stereocenters. The first-order valence-corrected chi connectivity index (χ1v) is 24.0. The Bertz CT molecular complexity index is 1660. The smallest absolute Gasteiger partial charge is 0.160 e. The molecule has 0 aromatic heterocycles. The molecule has 0 aromatic carbocycles. The molecule has 401 valence electrons. The van der Waals surface area contributed by atoms with E-state index in [0.717, 1.165) is 25.0 Å². The summed E-state index contributed by atoms with van der Waals surface area (Å²) in [6.07, 6.45) is 22.2. The largest absolute Gasteiger partial charge is 0.339 e. The van der Waals surface area contributed by atoms with Crippen molar-refractivity contribution in [1.29, 1.82) is 0 Å². The number of hydrogen-bond donors (Lipinski definition) is 0. The van der Waals surface area contributed by atoms with Crippen LogP contribution in [0.2, 0.25) is 0 Å². The van der Waals surface area contributed by atoms with E-state index in [2.05, 4.69) is 46.8 Å². The molecule has 69 heavy (non-hydrogen) atoms. The number of rotatable bonds is 7. The molecule has 1 radical (unpaired) electrons. The van der Waals surface area contributed by atoms with E-state index in [1.165, 1.54) is 18.1 Å². The average molecular weight is 1140 g/mol. The van der Waals surface area contributed by atoms with Crippen LogP contribution >= 0.6 is 0 Å². The van der Waals surface area contributed by atoms with Crippen molar-refractivity contribution in [2.45, 2.75) is 199 Å². The van der Waals surface area contributed by atoms with E-state index in [9.17, 15) is 28.8 Å². The van der Waals surface area contributed by atoms with Gasteiger partial charge in [0.25, 0.3) is 0 Å². The zero-order chi connectivity index (χ0) is 56.5. The van der Waals surface area contributed by atoms with E-state index < -0.39 is 0 Å². The van der Waals surface area contributed by atoms with Crippen molar-refractivity contribution in [3.8, 4) is 12.3 Å². The number of nitrogens with zero attached hydrogens (tertiary/aromatic N) is 1. The molecule has 1 aliphatic carbocycles. The van der Waals surface area contributed by atoms with Crippen molar-refractivity contribution < 1.29 is 49.2 Å². The zero-order valence-corrected chi connectivity index (χ0v) is 52.7. The minimum atomic E-state index is -0.250. The van der Waals surface area contributed by atoms with E-state index in [-0.39, 0.29) is 87.6 Å². The molecule has 0 N–H and O–H groups in total. The van der Waals surface area contributed by atoms with Gasteiger partial charge >= 0.3 is 0 Å². The minimum Gasteiger partial charge on any atom is -0.339 e. The van der Waals surface area contributed by atoms with Crippen LogP contribution in [0.1, 0.15) is 199 Å². The Hall–Kier alpha value is -3.49. The molecule has 1 fully saturated rings. The summed E-state index contributed by atoms with van der Waals surface area (Å²) < 4.78 is 0. The van der Waals surface area contributed by atoms with Gasteiger partial charge in [-0.15, -0.1) is 18.9 Å². The van der Waals surface area contributed by atoms with Gasteiger partial charge in [0.2, 0.25) is 0 Å². The van der Waals surface area contributed by atoms with Gasteiger partial charge in [-0.1, -0.05) is 195 Å². The number of hydrogen-bond acceptors (Lipinski definition) is 7. The fraction of sp³-hybridized carbons (Fsp3) is 0.656. The third kappa shape index (κ3) is 64.5. The second-order valence-electron chi connectivity index (χ2n) is 24.9. The molecule has 1 aliphatic rings. The topological polar surface area (TPSA) is 106 Å². The fourth-order valence-electron chi connectivity index (χ4n) is 2.73. The summed E-state index contributed by atoms with van der Waals surface area (Å²) in [6.45, 7) is 61.5. The molecule has 1 rings (SSSR count). The van der Waals surface area contributed by atoms with Crippen molar-refractivity contribution in [3.63, 3.8) is 0 Å². The Balaban J connectivity index is -0.000000104. The van der Waals surface area contributed by atoms with Crippen LogP contribution in [0.4, 0.5) is 0 Å². The molecule has 7 nitrogen and oxygen atoms in total. The summed E-state index contributed by atoms with van der Waals surface area (Å²) in [5.41, 5.74) is 1.33. The number of terminal acetylenes is 1. The Kier molecular flexibility index (Phi) is 46.8. The van der Waals surface area contributed by atoms with Gasteiger partial charge in [0.15, 0.2) is 28.9 Å². The minimum absolute atomic E-state index is 0. The van der Waals surface area contributed by atoms with Crippen LogP contribution in [-0.2, 0) is 49.2 Å². The maximum Gasteiger partial charge on any atom is 0.160 e. The molecule has 0 spiro atoms. The Labute approximate surface area is 442 Å². The first kappa shape index (κ1) is 82.4. The van der Waals surface area contributed by atoms with Crippen molar-refractivity contribution >= 4 is 34.7 Å². The van der Waals surface area contributed by atoms with Gasteiger partial charge in [0, 0.05) is 65.7 Å². The van der Waals surface area contributed by atoms with Gasteiger partial charge in [-0.25, -0.2) is 0 Å². The van der Waals surface area contributed by atoms with Crippen LogP contribution in [0.5, 0.6) is 0 Å². The second-order valence-corrected chi connectivity index (χ2v) is 24.9. The van der Waals surface area contributed by atoms with Crippen molar-refractivity contribution in [2.75, 3.05) is 20.6 Å². The third-order valence-electron chi connectivity index (χ3n) is 8.47. The van der Waals surface area contributed by atoms with Gasteiger partial charge in [-0.05, 0) is 95.3 Å². The summed E-state index contributed by atoms with van der Waals surface area (Å²) in [5, 5.41) is 0. The maximum absolute atomic E-state index is 11.4. The molecule has 0 saturated heterocycles. The molecule has 0 heterocycles. The standard InChI is InChI=1S/C10H19NO.C10H16O.C9H16O.C8H14O.C7H12O.C6H11O.C6H12.C5H8.Re/c1-10(2,3)9(12)7-6-8-11(4)5;1-10(2,3)9(11)7-8-5-4-6-8;1-7(2)6-8(10)9(3,4)5;1-5-6-7(9)8(2,3)4;1-5-6(8)7(2,3)4;1-5(7)6(2,3)4;1-5-6(2,3)4;1-4-5(2)3;/h6-7H,8H2,1-5H3;7H,4-6H2,1-3H3;6H,1-5H3;5-6H,1-4H3;5H,1H2,2-4H3;1H2,2-4H3;5H,1H2,2-4H3;1,5H,2-3H3;/q;;;;;-1;;;/b7-6+;;;6-5+;;;;;. The normalized spacial score (nSPS) is 12.2. The maximum atomic E-state index is 11.4. The second kappa shape index (κ2) is 39.2. The number of carbonyl (C=O) groups is 6. The summed E-state index contributed by atoms with van der Waals surface area (Å²) in [4.78, 5) is 68.0. The zero-order valence-electron chi connectivity index (χ0n) is 50.0. The van der Waals surface area contributed by atoms with Crippen molar-refractivity contribution in [3.05, 3.63) is 79.8 Å². The fourth-order valence-corrected chi connectivity index (χ4v) is 2.73. The SMILES string of the molecule is C#CC(C)C.C/C=C/C(=O)C(C)(C)C.C=CC(=O)C(C)(C)C.C=CC(C)(C)C.CC(C)(C)C(=O)C=C1CCC1.CC(C)=CC(=O)C(C)(C)C.CN(C)C/C=C/C(=O)C(C)(C)C.[CH2-]C(=O)C(C)(C)C.[Re]. The summed E-state index contributed by atoms with van der Waals surface area (Å²) in [6, 6.07) is 0. The number of likely N-dealkylation sites (N-methyl/N-ethyl adjacent to an activating group) is 1. The van der Waals surface area contributed by atoms with E-state index >= 15 is 0 Å². The van der Waals surface area contributed by atoms with Gasteiger partial charge in [0.1, 0.15) is 0 Å². The Morgan fingerprint density at radius 1 is 0.623 bits per heavy atom.